The molecule has 0 saturated carbocycles. The number of rotatable bonds is 0. The van der Waals surface area contributed by atoms with Crippen LogP contribution in [-0.2, 0) is 9.53 Å². The fraction of sp³-hybridized carbons (Fsp3) is 0.500. The molecule has 0 aliphatic carbocycles. The summed E-state index contributed by atoms with van der Waals surface area (Å²) in [5, 5.41) is 0. The summed E-state index contributed by atoms with van der Waals surface area (Å²) in [6.07, 6.45) is 2.73. The van der Waals surface area contributed by atoms with Gasteiger partial charge in [0.25, 0.3) is 0 Å². The van der Waals surface area contributed by atoms with Crippen molar-refractivity contribution < 1.29 is 9.53 Å². The largest absolute Gasteiger partial charge is 0.462 e. The normalized spacial score (nSPS) is 19.2. The summed E-state index contributed by atoms with van der Waals surface area (Å²) in [5.41, 5.74) is 3.18. The maximum Gasteiger partial charge on any atom is 0.341 e. The molecule has 1 rings (SSSR count). The van der Waals surface area contributed by atoms with Crippen molar-refractivity contribution in [2.75, 3.05) is 6.61 Å². The Balaban J connectivity index is 2.70. The first-order valence-corrected chi connectivity index (χ1v) is 3.40. The van der Waals surface area contributed by atoms with Crippen molar-refractivity contribution in [1.82, 2.24) is 0 Å². The number of carbonyl (C=O) groups is 1. The standard InChI is InChI=1S/C8H10O2/c1-2-7-5-3-4-6-10-8(7)9/h1,3-6H2. The van der Waals surface area contributed by atoms with Gasteiger partial charge >= 0.3 is 5.97 Å². The van der Waals surface area contributed by atoms with E-state index in [1.165, 1.54) is 0 Å². The van der Waals surface area contributed by atoms with Gasteiger partial charge in [-0.15, -0.1) is 5.73 Å². The summed E-state index contributed by atoms with van der Waals surface area (Å²) in [6, 6.07) is 0. The predicted octanol–water partition coefficient (Wildman–Crippen LogP) is 1.42. The number of ether oxygens (including phenoxy) is 1. The van der Waals surface area contributed by atoms with Crippen molar-refractivity contribution in [1.29, 1.82) is 0 Å². The molecule has 0 bridgehead atoms. The van der Waals surface area contributed by atoms with Crippen molar-refractivity contribution in [2.24, 2.45) is 0 Å². The Morgan fingerprint density at radius 3 is 3.00 bits per heavy atom. The molecule has 2 heteroatoms. The third kappa shape index (κ3) is 1.49. The van der Waals surface area contributed by atoms with E-state index in [1.54, 1.807) is 0 Å². The quantitative estimate of drug-likeness (QED) is 0.287. The van der Waals surface area contributed by atoms with E-state index in [9.17, 15) is 4.79 Å². The van der Waals surface area contributed by atoms with Crippen LogP contribution in [0.25, 0.3) is 0 Å². The number of hydrogen-bond acceptors (Lipinski definition) is 2. The van der Waals surface area contributed by atoms with Crippen molar-refractivity contribution in [2.45, 2.75) is 19.3 Å². The third-order valence-electron chi connectivity index (χ3n) is 1.51. The van der Waals surface area contributed by atoms with Crippen LogP contribution in [-0.4, -0.2) is 12.6 Å². The lowest BCUT2D eigenvalue weighted by molar-refractivity contribution is -0.138. The molecule has 0 atom stereocenters. The molecule has 2 nitrogen and oxygen atoms in total. The molecule has 0 aromatic carbocycles. The fourth-order valence-electron chi connectivity index (χ4n) is 0.918. The van der Waals surface area contributed by atoms with E-state index in [4.69, 9.17) is 4.74 Å². The summed E-state index contributed by atoms with van der Waals surface area (Å²) in [7, 11) is 0. The highest BCUT2D eigenvalue weighted by atomic mass is 16.5. The van der Waals surface area contributed by atoms with E-state index >= 15 is 0 Å². The van der Waals surface area contributed by atoms with Gasteiger partial charge in [0.15, 0.2) is 0 Å². The minimum Gasteiger partial charge on any atom is -0.462 e. The Morgan fingerprint density at radius 1 is 1.50 bits per heavy atom. The zero-order valence-corrected chi connectivity index (χ0v) is 5.85. The van der Waals surface area contributed by atoms with Crippen molar-refractivity contribution >= 4 is 5.97 Å². The maximum absolute atomic E-state index is 10.9. The molecule has 0 N–H and O–H groups in total. The van der Waals surface area contributed by atoms with Crippen LogP contribution in [0.2, 0.25) is 0 Å². The second-order valence-electron chi connectivity index (χ2n) is 2.25. The van der Waals surface area contributed by atoms with Gasteiger partial charge in [0.2, 0.25) is 0 Å². The lowest BCUT2D eigenvalue weighted by Crippen LogP contribution is -2.03. The monoisotopic (exact) mass is 138 g/mol. The molecule has 54 valence electrons. The summed E-state index contributed by atoms with van der Waals surface area (Å²) >= 11 is 0. The van der Waals surface area contributed by atoms with Crippen LogP contribution in [0.4, 0.5) is 0 Å². The molecule has 1 aliphatic heterocycles. The minimum absolute atomic E-state index is 0.243. The lowest BCUT2D eigenvalue weighted by Gasteiger charge is -1.96. The second kappa shape index (κ2) is 3.23. The Kier molecular flexibility index (Phi) is 2.30. The van der Waals surface area contributed by atoms with Crippen LogP contribution >= 0.6 is 0 Å². The van der Waals surface area contributed by atoms with Crippen molar-refractivity contribution in [3.05, 3.63) is 17.9 Å². The second-order valence-corrected chi connectivity index (χ2v) is 2.25. The molecule has 1 heterocycles. The van der Waals surface area contributed by atoms with E-state index < -0.39 is 0 Å². The summed E-state index contributed by atoms with van der Waals surface area (Å²) in [5.74, 6) is -0.243. The predicted molar refractivity (Wildman–Crippen MR) is 37.5 cm³/mol. The first-order valence-electron chi connectivity index (χ1n) is 3.40. The Bertz CT molecular complexity index is 187. The smallest absolute Gasteiger partial charge is 0.341 e. The highest BCUT2D eigenvalue weighted by Gasteiger charge is 2.12. The van der Waals surface area contributed by atoms with Gasteiger partial charge in [0, 0.05) is 0 Å². The molecule has 0 radical (unpaired) electrons. The first kappa shape index (κ1) is 7.10. The summed E-state index contributed by atoms with van der Waals surface area (Å²) in [4.78, 5) is 10.9. The molecule has 1 saturated heterocycles. The molecule has 0 spiro atoms. The third-order valence-corrected chi connectivity index (χ3v) is 1.51. The SMILES string of the molecule is C=C=C1CCCCOC1=O. The lowest BCUT2D eigenvalue weighted by atomic mass is 10.1. The van der Waals surface area contributed by atoms with Gasteiger partial charge in [-0.05, 0) is 19.3 Å². The molecule has 1 aliphatic rings. The number of carbonyl (C=O) groups excluding carboxylic acids is 1. The van der Waals surface area contributed by atoms with E-state index in [0.29, 0.717) is 12.2 Å². The molecule has 0 aromatic heterocycles. The number of cyclic esters (lactones) is 1. The van der Waals surface area contributed by atoms with E-state index in [2.05, 4.69) is 12.3 Å². The van der Waals surface area contributed by atoms with Crippen LogP contribution in [0.15, 0.2) is 17.9 Å². The molecule has 1 fully saturated rings. The van der Waals surface area contributed by atoms with Crippen LogP contribution in [0.3, 0.4) is 0 Å². The fourth-order valence-corrected chi connectivity index (χ4v) is 0.918. The number of hydrogen-bond donors (Lipinski definition) is 0. The van der Waals surface area contributed by atoms with E-state index in [-0.39, 0.29) is 5.97 Å². The van der Waals surface area contributed by atoms with Gasteiger partial charge in [-0.2, -0.15) is 0 Å². The van der Waals surface area contributed by atoms with Gasteiger partial charge in [0.05, 0.1) is 12.2 Å². The van der Waals surface area contributed by atoms with E-state index in [1.807, 2.05) is 0 Å². The van der Waals surface area contributed by atoms with Crippen LogP contribution in [0.1, 0.15) is 19.3 Å². The maximum atomic E-state index is 10.9. The summed E-state index contributed by atoms with van der Waals surface area (Å²) in [6.45, 7) is 3.96. The average molecular weight is 138 g/mol. The van der Waals surface area contributed by atoms with Crippen LogP contribution in [0.5, 0.6) is 0 Å². The summed E-state index contributed by atoms with van der Waals surface area (Å²) < 4.78 is 4.83. The number of esters is 1. The molecular weight excluding hydrogens is 128 g/mol. The topological polar surface area (TPSA) is 26.3 Å². The average Bonchev–Trinajstić information content (AvgIpc) is 2.13. The van der Waals surface area contributed by atoms with Crippen molar-refractivity contribution in [3.63, 3.8) is 0 Å². The molecule has 10 heavy (non-hydrogen) atoms. The zero-order chi connectivity index (χ0) is 7.40. The molecule has 0 aromatic rings. The highest BCUT2D eigenvalue weighted by molar-refractivity contribution is 5.88. The highest BCUT2D eigenvalue weighted by Crippen LogP contribution is 2.12. The first-order chi connectivity index (χ1) is 4.84. The van der Waals surface area contributed by atoms with Crippen LogP contribution < -0.4 is 0 Å². The van der Waals surface area contributed by atoms with Gasteiger partial charge < -0.3 is 4.74 Å². The van der Waals surface area contributed by atoms with E-state index in [0.717, 1.165) is 19.3 Å². The molecular formula is C8H10O2. The van der Waals surface area contributed by atoms with Gasteiger partial charge in [-0.1, -0.05) is 6.58 Å². The van der Waals surface area contributed by atoms with Gasteiger partial charge in [-0.25, -0.2) is 4.79 Å². The Morgan fingerprint density at radius 2 is 2.30 bits per heavy atom. The van der Waals surface area contributed by atoms with Gasteiger partial charge in [0.1, 0.15) is 0 Å². The van der Waals surface area contributed by atoms with Crippen molar-refractivity contribution in [3.8, 4) is 0 Å². The molecule has 0 amide bonds. The van der Waals surface area contributed by atoms with Gasteiger partial charge in [-0.3, -0.25) is 0 Å². The molecule has 0 unspecified atom stereocenters. The zero-order valence-electron chi connectivity index (χ0n) is 5.85. The Labute approximate surface area is 60.2 Å². The Hall–Kier alpha value is -1.01. The van der Waals surface area contributed by atoms with Crippen LogP contribution in [0, 0.1) is 0 Å². The minimum atomic E-state index is -0.243.